The normalized spacial score (nSPS) is 14.3. The van der Waals surface area contributed by atoms with Crippen molar-refractivity contribution in [3.63, 3.8) is 0 Å². The highest BCUT2D eigenvalue weighted by atomic mass is 32.1. The van der Waals surface area contributed by atoms with Gasteiger partial charge in [0.15, 0.2) is 0 Å². The van der Waals surface area contributed by atoms with Gasteiger partial charge < -0.3 is 5.32 Å². The molecule has 1 N–H and O–H groups in total. The van der Waals surface area contributed by atoms with E-state index in [1.807, 2.05) is 24.4 Å². The van der Waals surface area contributed by atoms with Crippen molar-refractivity contribution in [2.45, 2.75) is 39.0 Å². The molecule has 1 aromatic heterocycles. The van der Waals surface area contributed by atoms with Gasteiger partial charge in [-0.05, 0) is 32.2 Å². The molecule has 0 saturated heterocycles. The fourth-order valence-electron chi connectivity index (χ4n) is 1.81. The van der Waals surface area contributed by atoms with E-state index in [0.717, 1.165) is 0 Å². The van der Waals surface area contributed by atoms with Crippen molar-refractivity contribution >= 4 is 11.3 Å². The molecule has 110 valence electrons. The molecule has 6 heteroatoms. The maximum absolute atomic E-state index is 12.4. The molecule has 0 radical (unpaired) electrons. The van der Waals surface area contributed by atoms with Gasteiger partial charge in [-0.3, -0.25) is 4.90 Å². The quantitative estimate of drug-likeness (QED) is 0.825. The monoisotopic (exact) mass is 294 g/mol. The fourth-order valence-corrected chi connectivity index (χ4v) is 2.57. The highest BCUT2D eigenvalue weighted by Crippen LogP contribution is 2.19. The van der Waals surface area contributed by atoms with Crippen molar-refractivity contribution in [1.82, 2.24) is 10.2 Å². The van der Waals surface area contributed by atoms with Gasteiger partial charge in [-0.15, -0.1) is 11.3 Å². The standard InChI is InChI=1S/C13H21F3N2S/c1-10(2)18(9-13(14,15)16)7-6-17-11(3)12-5-4-8-19-12/h4-5,8,10-11,17H,6-7,9H2,1-3H3. The third-order valence-electron chi connectivity index (χ3n) is 2.93. The molecule has 1 unspecified atom stereocenters. The van der Waals surface area contributed by atoms with Gasteiger partial charge in [0.05, 0.1) is 6.54 Å². The second-order valence-electron chi connectivity index (χ2n) is 4.87. The van der Waals surface area contributed by atoms with Crippen LogP contribution in [0.2, 0.25) is 0 Å². The smallest absolute Gasteiger partial charge is 0.308 e. The number of alkyl halides is 3. The minimum atomic E-state index is -4.14. The average Bonchev–Trinajstić information content (AvgIpc) is 2.79. The van der Waals surface area contributed by atoms with E-state index in [-0.39, 0.29) is 12.1 Å². The molecule has 1 atom stereocenters. The fraction of sp³-hybridized carbons (Fsp3) is 0.692. The summed E-state index contributed by atoms with van der Waals surface area (Å²) >= 11 is 1.65. The van der Waals surface area contributed by atoms with E-state index < -0.39 is 12.7 Å². The van der Waals surface area contributed by atoms with Crippen molar-refractivity contribution < 1.29 is 13.2 Å². The molecular weight excluding hydrogens is 273 g/mol. The Morgan fingerprint density at radius 1 is 1.32 bits per heavy atom. The van der Waals surface area contributed by atoms with Crippen molar-refractivity contribution in [2.24, 2.45) is 0 Å². The number of halogens is 3. The summed E-state index contributed by atoms with van der Waals surface area (Å²) in [6.45, 7) is 5.69. The molecule has 0 aliphatic heterocycles. The Balaban J connectivity index is 2.36. The van der Waals surface area contributed by atoms with Crippen molar-refractivity contribution in [2.75, 3.05) is 19.6 Å². The van der Waals surface area contributed by atoms with Crippen LogP contribution < -0.4 is 5.32 Å². The van der Waals surface area contributed by atoms with Crippen LogP contribution in [-0.4, -0.2) is 36.8 Å². The van der Waals surface area contributed by atoms with Crippen LogP contribution in [-0.2, 0) is 0 Å². The first kappa shape index (κ1) is 16.5. The summed E-state index contributed by atoms with van der Waals surface area (Å²) < 4.78 is 37.2. The molecule has 0 spiro atoms. The molecule has 0 fully saturated rings. The summed E-state index contributed by atoms with van der Waals surface area (Å²) in [5.74, 6) is 0. The van der Waals surface area contributed by atoms with E-state index in [2.05, 4.69) is 5.32 Å². The molecule has 1 aromatic rings. The first-order valence-corrected chi connectivity index (χ1v) is 7.25. The van der Waals surface area contributed by atoms with Gasteiger partial charge in [0, 0.05) is 30.1 Å². The van der Waals surface area contributed by atoms with E-state index >= 15 is 0 Å². The minimum Gasteiger partial charge on any atom is -0.308 e. The molecular formula is C13H21F3N2S. The highest BCUT2D eigenvalue weighted by molar-refractivity contribution is 7.10. The van der Waals surface area contributed by atoms with Crippen LogP contribution in [0.5, 0.6) is 0 Å². The van der Waals surface area contributed by atoms with Crippen LogP contribution in [0, 0.1) is 0 Å². The molecule has 1 heterocycles. The van der Waals surface area contributed by atoms with Gasteiger partial charge >= 0.3 is 6.18 Å². The van der Waals surface area contributed by atoms with Gasteiger partial charge in [0.25, 0.3) is 0 Å². The van der Waals surface area contributed by atoms with Gasteiger partial charge in [-0.25, -0.2) is 0 Å². The van der Waals surface area contributed by atoms with Gasteiger partial charge in [-0.2, -0.15) is 13.2 Å². The van der Waals surface area contributed by atoms with E-state index in [4.69, 9.17) is 0 Å². The average molecular weight is 294 g/mol. The first-order chi connectivity index (χ1) is 8.79. The van der Waals surface area contributed by atoms with Crippen LogP contribution in [0.25, 0.3) is 0 Å². The second kappa shape index (κ2) is 7.26. The predicted octanol–water partition coefficient (Wildman–Crippen LogP) is 3.67. The van der Waals surface area contributed by atoms with E-state index in [9.17, 15) is 13.2 Å². The lowest BCUT2D eigenvalue weighted by atomic mass is 10.2. The van der Waals surface area contributed by atoms with Crippen LogP contribution in [0.1, 0.15) is 31.7 Å². The molecule has 1 rings (SSSR count). The van der Waals surface area contributed by atoms with Gasteiger partial charge in [-0.1, -0.05) is 6.07 Å². The predicted molar refractivity (Wildman–Crippen MR) is 73.5 cm³/mol. The first-order valence-electron chi connectivity index (χ1n) is 6.37. The summed E-state index contributed by atoms with van der Waals surface area (Å²) in [5, 5.41) is 5.26. The number of thiophene rings is 1. The number of hydrogen-bond donors (Lipinski definition) is 1. The lowest BCUT2D eigenvalue weighted by Gasteiger charge is -2.28. The lowest BCUT2D eigenvalue weighted by molar-refractivity contribution is -0.149. The Hall–Kier alpha value is -0.590. The van der Waals surface area contributed by atoms with Crippen LogP contribution in [0.15, 0.2) is 17.5 Å². The molecule has 19 heavy (non-hydrogen) atoms. The number of rotatable bonds is 7. The molecule has 0 amide bonds. The molecule has 0 saturated carbocycles. The van der Waals surface area contributed by atoms with Crippen molar-refractivity contribution in [3.8, 4) is 0 Å². The SMILES string of the molecule is CC(NCCN(CC(F)(F)F)C(C)C)c1cccs1. The molecule has 0 bridgehead atoms. The van der Waals surface area contributed by atoms with E-state index in [1.54, 1.807) is 25.2 Å². The second-order valence-corrected chi connectivity index (χ2v) is 5.85. The maximum atomic E-state index is 12.4. The van der Waals surface area contributed by atoms with Gasteiger partial charge in [0.1, 0.15) is 0 Å². The lowest BCUT2D eigenvalue weighted by Crippen LogP contribution is -2.42. The summed E-state index contributed by atoms with van der Waals surface area (Å²) in [5.41, 5.74) is 0. The number of hydrogen-bond acceptors (Lipinski definition) is 3. The molecule has 0 aromatic carbocycles. The van der Waals surface area contributed by atoms with Gasteiger partial charge in [0.2, 0.25) is 0 Å². The zero-order valence-electron chi connectivity index (χ0n) is 11.5. The largest absolute Gasteiger partial charge is 0.401 e. The van der Waals surface area contributed by atoms with E-state index in [0.29, 0.717) is 13.1 Å². The Morgan fingerprint density at radius 3 is 2.47 bits per heavy atom. The zero-order valence-corrected chi connectivity index (χ0v) is 12.3. The third kappa shape index (κ3) is 6.40. The molecule has 0 aliphatic rings. The summed E-state index contributed by atoms with van der Waals surface area (Å²) in [6, 6.07) is 4.07. The van der Waals surface area contributed by atoms with Crippen LogP contribution in [0.4, 0.5) is 13.2 Å². The molecule has 0 aliphatic carbocycles. The topological polar surface area (TPSA) is 15.3 Å². The third-order valence-corrected chi connectivity index (χ3v) is 3.99. The Labute approximate surface area is 116 Å². The Kier molecular flexibility index (Phi) is 6.29. The van der Waals surface area contributed by atoms with Crippen LogP contribution >= 0.6 is 11.3 Å². The van der Waals surface area contributed by atoms with Crippen molar-refractivity contribution in [3.05, 3.63) is 22.4 Å². The minimum absolute atomic E-state index is 0.111. The number of nitrogens with zero attached hydrogens (tertiary/aromatic N) is 1. The zero-order chi connectivity index (χ0) is 14.5. The highest BCUT2D eigenvalue weighted by Gasteiger charge is 2.31. The van der Waals surface area contributed by atoms with Crippen LogP contribution in [0.3, 0.4) is 0 Å². The summed E-state index contributed by atoms with van der Waals surface area (Å²) in [6.07, 6.45) is -4.14. The maximum Gasteiger partial charge on any atom is 0.401 e. The van der Waals surface area contributed by atoms with E-state index in [1.165, 1.54) is 9.78 Å². The van der Waals surface area contributed by atoms with Crippen molar-refractivity contribution in [1.29, 1.82) is 0 Å². The summed E-state index contributed by atoms with van der Waals surface area (Å²) in [7, 11) is 0. The molecule has 2 nitrogen and oxygen atoms in total. The Bertz CT molecular complexity index is 349. The Morgan fingerprint density at radius 2 is 2.00 bits per heavy atom. The number of nitrogens with one attached hydrogen (secondary N) is 1. The summed E-state index contributed by atoms with van der Waals surface area (Å²) in [4.78, 5) is 2.64.